The average molecular weight is 270 g/mol. The Kier molecular flexibility index (Phi) is 3.62. The molecule has 3 N–H and O–H groups in total. The van der Waals surface area contributed by atoms with Crippen molar-refractivity contribution in [3.8, 4) is 5.75 Å². The maximum absolute atomic E-state index is 5.81. The lowest BCUT2D eigenvalue weighted by molar-refractivity contribution is 0.302. The summed E-state index contributed by atoms with van der Waals surface area (Å²) in [5.41, 5.74) is 5.49. The quantitative estimate of drug-likeness (QED) is 0.641. The molecule has 1 atom stereocenters. The maximum atomic E-state index is 5.81. The molecule has 20 heavy (non-hydrogen) atoms. The Labute approximate surface area is 118 Å². The minimum atomic E-state index is -0.189. The van der Waals surface area contributed by atoms with Gasteiger partial charge in [-0.2, -0.15) is 0 Å². The zero-order valence-corrected chi connectivity index (χ0v) is 11.4. The second kappa shape index (κ2) is 5.56. The summed E-state index contributed by atoms with van der Waals surface area (Å²) in [5.74, 6) is 6.56. The van der Waals surface area contributed by atoms with Gasteiger partial charge in [0.15, 0.2) is 0 Å². The first-order valence-electron chi connectivity index (χ1n) is 6.77. The van der Waals surface area contributed by atoms with Gasteiger partial charge in [0.05, 0.1) is 29.7 Å². The van der Waals surface area contributed by atoms with E-state index in [1.54, 1.807) is 12.4 Å². The Balaban J connectivity index is 1.85. The molecule has 0 amide bonds. The van der Waals surface area contributed by atoms with Gasteiger partial charge in [-0.25, -0.2) is 5.43 Å². The van der Waals surface area contributed by atoms with Crippen molar-refractivity contribution in [1.82, 2.24) is 15.4 Å². The van der Waals surface area contributed by atoms with Crippen LogP contribution in [0.5, 0.6) is 5.75 Å². The van der Waals surface area contributed by atoms with Gasteiger partial charge in [0.25, 0.3) is 0 Å². The van der Waals surface area contributed by atoms with E-state index < -0.39 is 0 Å². The van der Waals surface area contributed by atoms with Crippen LogP contribution in [0.2, 0.25) is 0 Å². The first kappa shape index (κ1) is 13.0. The molecule has 5 nitrogen and oxygen atoms in total. The molecule has 0 aliphatic heterocycles. The zero-order chi connectivity index (χ0) is 13.9. The number of hydrazine groups is 1. The van der Waals surface area contributed by atoms with E-state index in [2.05, 4.69) is 15.4 Å². The summed E-state index contributed by atoms with van der Waals surface area (Å²) in [5, 5.41) is 0. The monoisotopic (exact) mass is 270 g/mol. The van der Waals surface area contributed by atoms with E-state index in [0.29, 0.717) is 6.10 Å². The lowest BCUT2D eigenvalue weighted by Gasteiger charge is -2.16. The van der Waals surface area contributed by atoms with Gasteiger partial charge in [-0.1, -0.05) is 12.1 Å². The van der Waals surface area contributed by atoms with E-state index >= 15 is 0 Å². The number of nitrogens with zero attached hydrogens (tertiary/aromatic N) is 2. The maximum Gasteiger partial charge on any atom is 0.120 e. The largest absolute Gasteiger partial charge is 0.490 e. The highest BCUT2D eigenvalue weighted by atomic mass is 16.5. The minimum absolute atomic E-state index is 0.189. The Morgan fingerprint density at radius 3 is 2.80 bits per heavy atom. The fourth-order valence-electron chi connectivity index (χ4n) is 2.05. The summed E-state index contributed by atoms with van der Waals surface area (Å²) in [4.78, 5) is 8.65. The molecular formula is C15H18N4O. The van der Waals surface area contributed by atoms with Crippen molar-refractivity contribution >= 4 is 0 Å². The van der Waals surface area contributed by atoms with Crippen molar-refractivity contribution in [2.45, 2.75) is 31.9 Å². The molecule has 0 bridgehead atoms. The molecule has 1 unspecified atom stereocenters. The number of hydrogen-bond acceptors (Lipinski definition) is 5. The van der Waals surface area contributed by atoms with Gasteiger partial charge >= 0.3 is 0 Å². The van der Waals surface area contributed by atoms with E-state index in [1.165, 1.54) is 0 Å². The third-order valence-corrected chi connectivity index (χ3v) is 3.28. The molecule has 0 spiro atoms. The van der Waals surface area contributed by atoms with E-state index in [9.17, 15) is 0 Å². The van der Waals surface area contributed by atoms with Crippen molar-refractivity contribution in [1.29, 1.82) is 0 Å². The van der Waals surface area contributed by atoms with Crippen molar-refractivity contribution < 1.29 is 4.74 Å². The molecule has 1 aliphatic rings. The topological polar surface area (TPSA) is 73.1 Å². The van der Waals surface area contributed by atoms with Gasteiger partial charge in [0.2, 0.25) is 0 Å². The molecule has 2 aromatic rings. The number of aryl methyl sites for hydroxylation is 1. The summed E-state index contributed by atoms with van der Waals surface area (Å²) in [6.07, 6.45) is 6.16. The van der Waals surface area contributed by atoms with Crippen LogP contribution in [0.25, 0.3) is 0 Å². The molecule has 1 aromatic carbocycles. The SMILES string of the molecule is Cc1cnc(C(NN)c2cccc(OC3CC3)c2)cn1. The normalized spacial score (nSPS) is 15.9. The second-order valence-corrected chi connectivity index (χ2v) is 5.07. The molecule has 1 saturated carbocycles. The highest BCUT2D eigenvalue weighted by Gasteiger charge is 2.24. The molecule has 1 heterocycles. The van der Waals surface area contributed by atoms with Crippen LogP contribution in [0, 0.1) is 6.92 Å². The van der Waals surface area contributed by atoms with E-state index in [4.69, 9.17) is 10.6 Å². The van der Waals surface area contributed by atoms with Crippen LogP contribution in [-0.4, -0.2) is 16.1 Å². The minimum Gasteiger partial charge on any atom is -0.490 e. The summed E-state index contributed by atoms with van der Waals surface area (Å²) >= 11 is 0. The van der Waals surface area contributed by atoms with Gasteiger partial charge in [0.1, 0.15) is 5.75 Å². The molecule has 104 valence electrons. The summed E-state index contributed by atoms with van der Waals surface area (Å²) in [6.45, 7) is 1.91. The van der Waals surface area contributed by atoms with E-state index in [1.807, 2.05) is 31.2 Å². The number of ether oxygens (including phenoxy) is 1. The van der Waals surface area contributed by atoms with Crippen molar-refractivity contribution in [2.24, 2.45) is 5.84 Å². The first-order chi connectivity index (χ1) is 9.76. The average Bonchev–Trinajstić information content (AvgIpc) is 3.26. The van der Waals surface area contributed by atoms with Crippen LogP contribution >= 0.6 is 0 Å². The van der Waals surface area contributed by atoms with Crippen LogP contribution in [0.1, 0.15) is 35.8 Å². The number of aromatic nitrogens is 2. The number of rotatable bonds is 5. The standard InChI is InChI=1S/C15H18N4O/c1-10-8-18-14(9-17-10)15(19-16)11-3-2-4-13(7-11)20-12-5-6-12/h2-4,7-9,12,15,19H,5-6,16H2,1H3. The van der Waals surface area contributed by atoms with Crippen LogP contribution in [0.3, 0.4) is 0 Å². The number of benzene rings is 1. The Morgan fingerprint density at radius 1 is 1.30 bits per heavy atom. The first-order valence-corrected chi connectivity index (χ1v) is 6.77. The number of nitrogens with two attached hydrogens (primary N) is 1. The van der Waals surface area contributed by atoms with Crippen LogP contribution in [0.15, 0.2) is 36.7 Å². The Hall–Kier alpha value is -1.98. The lowest BCUT2D eigenvalue weighted by atomic mass is 10.0. The smallest absolute Gasteiger partial charge is 0.120 e. The number of nitrogens with one attached hydrogen (secondary N) is 1. The van der Waals surface area contributed by atoms with Gasteiger partial charge < -0.3 is 4.74 Å². The third kappa shape index (κ3) is 2.95. The van der Waals surface area contributed by atoms with Gasteiger partial charge in [-0.3, -0.25) is 15.8 Å². The molecule has 0 saturated heterocycles. The molecule has 1 aliphatic carbocycles. The molecule has 1 fully saturated rings. The Morgan fingerprint density at radius 2 is 2.15 bits per heavy atom. The van der Waals surface area contributed by atoms with E-state index in [-0.39, 0.29) is 6.04 Å². The third-order valence-electron chi connectivity index (χ3n) is 3.28. The van der Waals surface area contributed by atoms with Crippen LogP contribution in [0.4, 0.5) is 0 Å². The fraction of sp³-hybridized carbons (Fsp3) is 0.333. The molecule has 1 aromatic heterocycles. The number of hydrogen-bond donors (Lipinski definition) is 2. The van der Waals surface area contributed by atoms with Gasteiger partial charge in [0, 0.05) is 6.20 Å². The van der Waals surface area contributed by atoms with Crippen molar-refractivity contribution in [3.63, 3.8) is 0 Å². The zero-order valence-electron chi connectivity index (χ0n) is 11.4. The van der Waals surface area contributed by atoms with Gasteiger partial charge in [-0.15, -0.1) is 0 Å². The molecular weight excluding hydrogens is 252 g/mol. The summed E-state index contributed by atoms with van der Waals surface area (Å²) in [7, 11) is 0. The lowest BCUT2D eigenvalue weighted by Crippen LogP contribution is -2.29. The predicted molar refractivity (Wildman–Crippen MR) is 76.0 cm³/mol. The van der Waals surface area contributed by atoms with Gasteiger partial charge in [-0.05, 0) is 37.5 Å². The highest BCUT2D eigenvalue weighted by molar-refractivity contribution is 5.34. The van der Waals surface area contributed by atoms with Crippen molar-refractivity contribution in [2.75, 3.05) is 0 Å². The summed E-state index contributed by atoms with van der Waals surface area (Å²) < 4.78 is 5.81. The fourth-order valence-corrected chi connectivity index (χ4v) is 2.05. The van der Waals surface area contributed by atoms with Crippen LogP contribution in [-0.2, 0) is 0 Å². The second-order valence-electron chi connectivity index (χ2n) is 5.07. The highest BCUT2D eigenvalue weighted by Crippen LogP contribution is 2.29. The molecule has 3 rings (SSSR count). The molecule has 0 radical (unpaired) electrons. The molecule has 5 heteroatoms. The summed E-state index contributed by atoms with van der Waals surface area (Å²) in [6, 6.07) is 7.76. The Bertz CT molecular complexity index is 581. The predicted octanol–water partition coefficient (Wildman–Crippen LogP) is 1.88. The van der Waals surface area contributed by atoms with Crippen LogP contribution < -0.4 is 16.0 Å². The van der Waals surface area contributed by atoms with E-state index in [0.717, 1.165) is 35.5 Å². The van der Waals surface area contributed by atoms with Crippen molar-refractivity contribution in [3.05, 3.63) is 53.6 Å².